The van der Waals surface area contributed by atoms with Gasteiger partial charge in [0.25, 0.3) is 5.56 Å². The minimum Gasteiger partial charge on any atom is -0.390 e. The van der Waals surface area contributed by atoms with Crippen LogP contribution in [-0.2, 0) is 16.1 Å². The van der Waals surface area contributed by atoms with Gasteiger partial charge in [0.2, 0.25) is 6.36 Å². The van der Waals surface area contributed by atoms with Gasteiger partial charge in [-0.3, -0.25) is 14.3 Å². The van der Waals surface area contributed by atoms with Crippen molar-refractivity contribution in [1.82, 2.24) is 9.55 Å². The lowest BCUT2D eigenvalue weighted by Crippen LogP contribution is -2.34. The molecule has 0 amide bonds. The lowest BCUT2D eigenvalue weighted by molar-refractivity contribution is -0.164. The summed E-state index contributed by atoms with van der Waals surface area (Å²) >= 11 is 0. The van der Waals surface area contributed by atoms with Crippen molar-refractivity contribution in [1.29, 1.82) is 0 Å². The zero-order valence-electron chi connectivity index (χ0n) is 12.7. The number of aromatic nitrogens is 2. The minimum atomic E-state index is -1.84. The maximum absolute atomic E-state index is 14.2. The molecule has 4 atom stereocenters. The molecule has 0 bridgehead atoms. The summed E-state index contributed by atoms with van der Waals surface area (Å²) in [6.07, 6.45) is -3.78. The number of hydrogen-bond donors (Lipinski definition) is 2. The first kappa shape index (κ1) is 16.6. The third-order valence-corrected chi connectivity index (χ3v) is 3.81. The number of ether oxygens (including phenoxy) is 2. The van der Waals surface area contributed by atoms with Crippen molar-refractivity contribution in [3.8, 4) is 0 Å². The highest BCUT2D eigenvalue weighted by Gasteiger charge is 2.41. The molecule has 3 rings (SSSR count). The lowest BCUT2D eigenvalue weighted by atomic mass is 10.2. The number of aliphatic hydroxyl groups is 1. The number of aliphatic hydroxyl groups excluding tert-OH is 1. The van der Waals surface area contributed by atoms with Gasteiger partial charge in [0, 0.05) is 18.7 Å². The van der Waals surface area contributed by atoms with Crippen LogP contribution in [0, 0.1) is 0 Å². The molecule has 0 aliphatic carbocycles. The Balaban J connectivity index is 1.64. The Morgan fingerprint density at radius 1 is 1.33 bits per heavy atom. The summed E-state index contributed by atoms with van der Waals surface area (Å²) in [6.45, 7) is 0.0395. The third-order valence-electron chi connectivity index (χ3n) is 3.81. The number of benzene rings is 1. The number of alkyl halides is 1. The fourth-order valence-corrected chi connectivity index (χ4v) is 2.58. The first-order chi connectivity index (χ1) is 11.5. The van der Waals surface area contributed by atoms with Crippen LogP contribution in [0.4, 0.5) is 4.39 Å². The number of hydrogen-bond acceptors (Lipinski definition) is 5. The summed E-state index contributed by atoms with van der Waals surface area (Å²) in [5, 5.41) is 10.0. The number of nitrogens with one attached hydrogen (secondary N) is 1. The Bertz CT molecular complexity index is 791. The zero-order chi connectivity index (χ0) is 17.1. The van der Waals surface area contributed by atoms with Crippen LogP contribution in [0.25, 0.3) is 0 Å². The van der Waals surface area contributed by atoms with Crippen molar-refractivity contribution < 1.29 is 19.0 Å². The van der Waals surface area contributed by atoms with Crippen LogP contribution >= 0.6 is 0 Å². The summed E-state index contributed by atoms with van der Waals surface area (Å²) < 4.78 is 25.9. The maximum atomic E-state index is 14.2. The Kier molecular flexibility index (Phi) is 4.89. The average Bonchev–Trinajstić information content (AvgIpc) is 2.95. The fourth-order valence-electron chi connectivity index (χ4n) is 2.58. The molecule has 1 aromatic heterocycles. The van der Waals surface area contributed by atoms with E-state index in [0.29, 0.717) is 0 Å². The molecule has 0 spiro atoms. The van der Waals surface area contributed by atoms with Gasteiger partial charge in [0.1, 0.15) is 12.3 Å². The van der Waals surface area contributed by atoms with Gasteiger partial charge in [-0.05, 0) is 5.56 Å². The van der Waals surface area contributed by atoms with Crippen molar-refractivity contribution in [2.24, 2.45) is 0 Å². The van der Waals surface area contributed by atoms with Crippen molar-refractivity contribution >= 4 is 0 Å². The predicted octanol–water partition coefficient (Wildman–Crippen LogP) is 0.697. The lowest BCUT2D eigenvalue weighted by Gasteiger charge is -2.20. The second kappa shape index (κ2) is 7.08. The zero-order valence-corrected chi connectivity index (χ0v) is 12.7. The van der Waals surface area contributed by atoms with E-state index in [0.717, 1.165) is 16.2 Å². The molecule has 24 heavy (non-hydrogen) atoms. The third kappa shape index (κ3) is 3.61. The molecule has 1 unspecified atom stereocenters. The van der Waals surface area contributed by atoms with E-state index in [9.17, 15) is 19.1 Å². The van der Waals surface area contributed by atoms with Gasteiger partial charge in [-0.2, -0.15) is 0 Å². The van der Waals surface area contributed by atoms with Crippen molar-refractivity contribution in [2.45, 2.75) is 37.8 Å². The SMILES string of the molecule is O=c1ccn([C@H]2C[C@H](O)[C@@H](C(F)OCc3ccccc3)O2)c(=O)[nH]1. The molecular formula is C16H17FN2O5. The molecule has 0 saturated carbocycles. The first-order valence-electron chi connectivity index (χ1n) is 7.49. The normalized spacial score (nSPS) is 24.8. The Morgan fingerprint density at radius 3 is 2.79 bits per heavy atom. The van der Waals surface area contributed by atoms with E-state index in [1.165, 1.54) is 6.20 Å². The molecule has 1 saturated heterocycles. The fraction of sp³-hybridized carbons (Fsp3) is 0.375. The Morgan fingerprint density at radius 2 is 2.08 bits per heavy atom. The van der Waals surface area contributed by atoms with Crippen molar-refractivity contribution in [3.63, 3.8) is 0 Å². The van der Waals surface area contributed by atoms with Crippen LogP contribution in [0.2, 0.25) is 0 Å². The van der Waals surface area contributed by atoms with E-state index in [2.05, 4.69) is 4.98 Å². The van der Waals surface area contributed by atoms with Gasteiger partial charge in [-0.15, -0.1) is 0 Å². The summed E-state index contributed by atoms with van der Waals surface area (Å²) in [7, 11) is 0. The molecule has 0 radical (unpaired) electrons. The molecular weight excluding hydrogens is 319 g/mol. The highest BCUT2D eigenvalue weighted by Crippen LogP contribution is 2.31. The standard InChI is InChI=1S/C16H17FN2O5/c17-15(23-9-10-4-2-1-3-5-10)14-11(20)8-13(24-14)19-7-6-12(21)18-16(19)22/h1-7,11,13-15,20H,8-9H2,(H,18,21,22)/t11-,13+,14-,15?/m0/s1. The Labute approximate surface area is 136 Å². The summed E-state index contributed by atoms with van der Waals surface area (Å²) in [5.74, 6) is 0. The van der Waals surface area contributed by atoms with Crippen LogP contribution < -0.4 is 11.2 Å². The smallest absolute Gasteiger partial charge is 0.330 e. The first-order valence-corrected chi connectivity index (χ1v) is 7.49. The average molecular weight is 336 g/mol. The highest BCUT2D eigenvalue weighted by molar-refractivity contribution is 5.13. The second-order valence-corrected chi connectivity index (χ2v) is 5.52. The van der Waals surface area contributed by atoms with Gasteiger partial charge >= 0.3 is 5.69 Å². The topological polar surface area (TPSA) is 93.6 Å². The van der Waals surface area contributed by atoms with Crippen molar-refractivity contribution in [2.75, 3.05) is 0 Å². The van der Waals surface area contributed by atoms with Crippen molar-refractivity contribution in [3.05, 3.63) is 69.0 Å². The molecule has 2 heterocycles. The van der Waals surface area contributed by atoms with Gasteiger partial charge < -0.3 is 14.6 Å². The molecule has 1 aromatic carbocycles. The number of halogens is 1. The molecule has 1 aliphatic heterocycles. The maximum Gasteiger partial charge on any atom is 0.330 e. The number of rotatable bonds is 5. The van der Waals surface area contributed by atoms with Crippen LogP contribution in [0.5, 0.6) is 0 Å². The highest BCUT2D eigenvalue weighted by atomic mass is 19.1. The summed E-state index contributed by atoms with van der Waals surface area (Å²) in [4.78, 5) is 24.9. The van der Waals surface area contributed by atoms with Gasteiger partial charge in [-0.25, -0.2) is 9.18 Å². The van der Waals surface area contributed by atoms with E-state index in [1.54, 1.807) is 12.1 Å². The number of aromatic amines is 1. The number of H-pyrrole nitrogens is 1. The largest absolute Gasteiger partial charge is 0.390 e. The van der Waals surface area contributed by atoms with Crippen LogP contribution in [0.3, 0.4) is 0 Å². The minimum absolute atomic E-state index is 0.0196. The van der Waals surface area contributed by atoms with Gasteiger partial charge in [0.15, 0.2) is 0 Å². The molecule has 8 heteroatoms. The van der Waals surface area contributed by atoms with E-state index >= 15 is 0 Å². The molecule has 1 fully saturated rings. The molecule has 7 nitrogen and oxygen atoms in total. The van der Waals surface area contributed by atoms with E-state index < -0.39 is 36.0 Å². The quantitative estimate of drug-likeness (QED) is 0.838. The van der Waals surface area contributed by atoms with Gasteiger partial charge in [0.05, 0.1) is 12.7 Å². The van der Waals surface area contributed by atoms with Crippen LogP contribution in [-0.4, -0.2) is 33.2 Å². The Hall–Kier alpha value is -2.29. The molecule has 1 aliphatic rings. The monoisotopic (exact) mass is 336 g/mol. The van der Waals surface area contributed by atoms with E-state index in [-0.39, 0.29) is 13.0 Å². The van der Waals surface area contributed by atoms with E-state index in [4.69, 9.17) is 9.47 Å². The predicted molar refractivity (Wildman–Crippen MR) is 82.0 cm³/mol. The second-order valence-electron chi connectivity index (χ2n) is 5.52. The van der Waals surface area contributed by atoms with E-state index in [1.807, 2.05) is 18.2 Å². The van der Waals surface area contributed by atoms with Crippen LogP contribution in [0.15, 0.2) is 52.2 Å². The molecule has 2 aromatic rings. The molecule has 2 N–H and O–H groups in total. The summed E-state index contributed by atoms with van der Waals surface area (Å²) in [5.41, 5.74) is -0.428. The van der Waals surface area contributed by atoms with Crippen LogP contribution in [0.1, 0.15) is 18.2 Å². The summed E-state index contributed by atoms with van der Waals surface area (Å²) in [6, 6.07) is 10.2. The van der Waals surface area contributed by atoms with Gasteiger partial charge in [-0.1, -0.05) is 30.3 Å². The molecule has 128 valence electrons. The number of nitrogens with zero attached hydrogens (tertiary/aromatic N) is 1.